The van der Waals surface area contributed by atoms with Crippen molar-refractivity contribution in [3.05, 3.63) is 137 Å². The summed E-state index contributed by atoms with van der Waals surface area (Å²) in [7, 11) is -7.87. The van der Waals surface area contributed by atoms with Crippen molar-refractivity contribution in [2.24, 2.45) is 0 Å². The Morgan fingerprint density at radius 1 is 0.629 bits per heavy atom. The van der Waals surface area contributed by atoms with Gasteiger partial charge in [-0.1, -0.05) is 42.5 Å². The number of carboxylic acid groups (broad SMARTS) is 2. The van der Waals surface area contributed by atoms with E-state index in [-0.39, 0.29) is 48.7 Å². The number of aryl methyl sites for hydroxylation is 1. The van der Waals surface area contributed by atoms with Crippen LogP contribution in [0.15, 0.2) is 131 Å². The number of carbonyl (C=O) groups is 2. The number of ether oxygens (including phenoxy) is 2. The number of thiazole rings is 1. The van der Waals surface area contributed by atoms with Crippen molar-refractivity contribution in [3.8, 4) is 33.8 Å². The Labute approximate surface area is 353 Å². The zero-order chi connectivity index (χ0) is 45.5. The fraction of sp³-hybridized carbons (Fsp3) is 0.125. The second-order valence-electron chi connectivity index (χ2n) is 12.7. The molecule has 6 aromatic rings. The molecule has 13 nitrogen and oxygen atoms in total. The van der Waals surface area contributed by atoms with Crippen LogP contribution in [0.3, 0.4) is 0 Å². The van der Waals surface area contributed by atoms with Gasteiger partial charge in [0.1, 0.15) is 11.5 Å². The lowest BCUT2D eigenvalue weighted by Crippen LogP contribution is -2.13. The minimum Gasteiger partial charge on any atom is -0.481 e. The number of nitrogens with one attached hydrogen (secondary N) is 2. The van der Waals surface area contributed by atoms with Crippen LogP contribution >= 0.6 is 11.3 Å². The number of rotatable bonds is 14. The summed E-state index contributed by atoms with van der Waals surface area (Å²) in [6.45, 7) is 0.275. The number of hydrogen-bond donors (Lipinski definition) is 4. The molecule has 0 saturated heterocycles. The second-order valence-corrected chi connectivity index (χ2v) is 17.3. The summed E-state index contributed by atoms with van der Waals surface area (Å²) >= 11 is 1.15. The molecule has 0 fully saturated rings. The predicted molar refractivity (Wildman–Crippen MR) is 215 cm³/mol. The average molecular weight is 924 g/mol. The fourth-order valence-electron chi connectivity index (χ4n) is 5.32. The highest BCUT2D eigenvalue weighted by Crippen LogP contribution is 2.39. The van der Waals surface area contributed by atoms with Gasteiger partial charge in [-0.05, 0) is 90.8 Å². The monoisotopic (exact) mass is 923 g/mol. The van der Waals surface area contributed by atoms with Gasteiger partial charge in [0.15, 0.2) is 18.3 Å². The van der Waals surface area contributed by atoms with Gasteiger partial charge in [0.25, 0.3) is 20.0 Å². The maximum Gasteiger partial charge on any atom is 0.416 e. The number of anilines is 2. The highest BCUT2D eigenvalue weighted by molar-refractivity contribution is 7.93. The van der Waals surface area contributed by atoms with Gasteiger partial charge >= 0.3 is 24.3 Å². The molecule has 0 atom stereocenters. The molecule has 22 heteroatoms. The number of para-hydroxylation sites is 1. The first-order valence-corrected chi connectivity index (χ1v) is 21.2. The molecule has 0 aliphatic carbocycles. The summed E-state index contributed by atoms with van der Waals surface area (Å²) in [5.41, 5.74) is -1.15. The van der Waals surface area contributed by atoms with Crippen LogP contribution in [-0.2, 0) is 42.0 Å². The standard InChI is InChI=1S/C21H16F3NO5S.C19H15F3N2O5S2/c22-21(23,24)15-8-11-19(30-13-20(26)27)18(12-15)14-6-9-17(10-7-14)31(28,29)25-16-4-2-1-3-5-16;1-11-9-23-18(30-11)24-31(27,28)14-5-2-12(3-6-14)15-8-13(19(20,21)22)4-7-16(15)29-10-17(25)26/h1-12,25H,13H2,(H,26,27);2-9H,10H2,1H3,(H,23,24)(H,25,26). The lowest BCUT2D eigenvalue weighted by Gasteiger charge is -2.14. The topological polar surface area (TPSA) is 198 Å². The van der Waals surface area contributed by atoms with Crippen LogP contribution in [0.25, 0.3) is 22.3 Å². The molecular weight excluding hydrogens is 893 g/mol. The van der Waals surface area contributed by atoms with Crippen molar-refractivity contribution in [1.82, 2.24) is 4.98 Å². The van der Waals surface area contributed by atoms with Gasteiger partial charge in [-0.2, -0.15) is 26.3 Å². The van der Waals surface area contributed by atoms with Crippen LogP contribution in [0.2, 0.25) is 0 Å². The number of sulfonamides is 2. The quantitative estimate of drug-likeness (QED) is 0.0761. The highest BCUT2D eigenvalue weighted by Gasteiger charge is 2.33. The second kappa shape index (κ2) is 19.0. The molecule has 0 unspecified atom stereocenters. The SMILES string of the molecule is Cc1cnc(NS(=O)(=O)c2ccc(-c3cc(C(F)(F)F)ccc3OCC(=O)O)cc2)s1.O=C(O)COc1ccc(C(F)(F)F)cc1-c1ccc(S(=O)(=O)Nc2ccccc2)cc1. The van der Waals surface area contributed by atoms with Crippen LogP contribution in [0.1, 0.15) is 16.0 Å². The maximum atomic E-state index is 13.1. The van der Waals surface area contributed by atoms with E-state index in [2.05, 4.69) is 14.4 Å². The van der Waals surface area contributed by atoms with E-state index in [1.165, 1.54) is 54.7 Å². The Balaban J connectivity index is 0.000000234. The summed E-state index contributed by atoms with van der Waals surface area (Å²) in [6, 6.07) is 23.6. The molecule has 326 valence electrons. The molecule has 6 rings (SSSR count). The fourth-order valence-corrected chi connectivity index (χ4v) is 8.28. The first kappa shape index (κ1) is 46.4. The molecule has 5 aromatic carbocycles. The first-order chi connectivity index (χ1) is 29.0. The third-order valence-electron chi connectivity index (χ3n) is 8.14. The van der Waals surface area contributed by atoms with Crippen molar-refractivity contribution >= 4 is 54.1 Å². The molecule has 0 bridgehead atoms. The molecule has 0 aliphatic heterocycles. The number of aromatic nitrogens is 1. The molecule has 0 spiro atoms. The van der Waals surface area contributed by atoms with E-state index in [4.69, 9.17) is 19.7 Å². The normalized spacial score (nSPS) is 11.8. The summed E-state index contributed by atoms with van der Waals surface area (Å²) in [4.78, 5) is 26.1. The smallest absolute Gasteiger partial charge is 0.416 e. The zero-order valence-electron chi connectivity index (χ0n) is 31.6. The van der Waals surface area contributed by atoms with Gasteiger partial charge in [0, 0.05) is 27.9 Å². The highest BCUT2D eigenvalue weighted by atomic mass is 32.2. The van der Waals surface area contributed by atoms with Gasteiger partial charge in [-0.15, -0.1) is 11.3 Å². The number of hydrogen-bond acceptors (Lipinski definition) is 10. The van der Waals surface area contributed by atoms with Crippen LogP contribution < -0.4 is 18.9 Å². The summed E-state index contributed by atoms with van der Waals surface area (Å²) in [5, 5.41) is 17.8. The van der Waals surface area contributed by atoms with Crippen molar-refractivity contribution < 1.29 is 72.5 Å². The van der Waals surface area contributed by atoms with Crippen LogP contribution in [-0.4, -0.2) is 57.2 Å². The lowest BCUT2D eigenvalue weighted by molar-refractivity contribution is -0.140. The summed E-state index contributed by atoms with van der Waals surface area (Å²) in [6.07, 6.45) is -7.74. The third kappa shape index (κ3) is 12.5. The van der Waals surface area contributed by atoms with E-state index in [0.29, 0.717) is 5.69 Å². The maximum absolute atomic E-state index is 13.1. The van der Waals surface area contributed by atoms with E-state index in [1.807, 2.05) is 0 Å². The molecule has 62 heavy (non-hydrogen) atoms. The molecule has 0 radical (unpaired) electrons. The Kier molecular flexibility index (Phi) is 14.2. The van der Waals surface area contributed by atoms with E-state index in [0.717, 1.165) is 52.6 Å². The number of halogens is 6. The summed E-state index contributed by atoms with van der Waals surface area (Å²) < 4.78 is 144. The van der Waals surface area contributed by atoms with E-state index in [9.17, 15) is 52.8 Å². The number of benzene rings is 5. The average Bonchev–Trinajstić information content (AvgIpc) is 3.62. The molecule has 1 aromatic heterocycles. The Hall–Kier alpha value is -6.65. The minimum atomic E-state index is -4.63. The predicted octanol–water partition coefficient (Wildman–Crippen LogP) is 9.04. The van der Waals surface area contributed by atoms with Gasteiger partial charge in [-0.25, -0.2) is 31.4 Å². The van der Waals surface area contributed by atoms with Crippen LogP contribution in [0, 0.1) is 6.92 Å². The van der Waals surface area contributed by atoms with Crippen LogP contribution in [0.5, 0.6) is 11.5 Å². The Morgan fingerprint density at radius 2 is 1.05 bits per heavy atom. The van der Waals surface area contributed by atoms with Gasteiger partial charge in [0.05, 0.1) is 20.9 Å². The van der Waals surface area contributed by atoms with Crippen molar-refractivity contribution in [2.75, 3.05) is 22.7 Å². The largest absolute Gasteiger partial charge is 0.481 e. The number of alkyl halides is 6. The number of aliphatic carboxylic acids is 2. The molecule has 1 heterocycles. The van der Waals surface area contributed by atoms with Gasteiger partial charge in [0.2, 0.25) is 0 Å². The van der Waals surface area contributed by atoms with E-state index < -0.39 is 68.7 Å². The molecule has 4 N–H and O–H groups in total. The number of nitrogens with zero attached hydrogens (tertiary/aromatic N) is 1. The van der Waals surface area contributed by atoms with Crippen molar-refractivity contribution in [1.29, 1.82) is 0 Å². The van der Waals surface area contributed by atoms with E-state index >= 15 is 0 Å². The Morgan fingerprint density at radius 3 is 1.42 bits per heavy atom. The molecular formula is C40H31F6N3O10S3. The lowest BCUT2D eigenvalue weighted by atomic mass is 10.0. The molecule has 0 amide bonds. The van der Waals surface area contributed by atoms with E-state index in [1.54, 1.807) is 37.3 Å². The zero-order valence-corrected chi connectivity index (χ0v) is 34.0. The van der Waals surface area contributed by atoms with Crippen molar-refractivity contribution in [3.63, 3.8) is 0 Å². The van der Waals surface area contributed by atoms with Gasteiger partial charge in [-0.3, -0.25) is 9.44 Å². The third-order valence-corrected chi connectivity index (χ3v) is 11.8. The molecule has 0 saturated carbocycles. The minimum absolute atomic E-state index is 0.0176. The Bertz CT molecular complexity index is 2770. The molecule has 0 aliphatic rings. The van der Waals surface area contributed by atoms with Crippen LogP contribution in [0.4, 0.5) is 37.2 Å². The summed E-state index contributed by atoms with van der Waals surface area (Å²) in [5.74, 6) is -2.74. The first-order valence-electron chi connectivity index (χ1n) is 17.4. The van der Waals surface area contributed by atoms with Crippen molar-refractivity contribution in [2.45, 2.75) is 29.1 Å². The van der Waals surface area contributed by atoms with Gasteiger partial charge < -0.3 is 19.7 Å². The number of carboxylic acids is 2.